The van der Waals surface area contributed by atoms with E-state index < -0.39 is 0 Å². The highest BCUT2D eigenvalue weighted by Gasteiger charge is 2.10. The van der Waals surface area contributed by atoms with Crippen LogP contribution in [0.1, 0.15) is 19.3 Å². The quantitative estimate of drug-likeness (QED) is 0.513. The lowest BCUT2D eigenvalue weighted by Gasteiger charge is -2.09. The summed E-state index contributed by atoms with van der Waals surface area (Å²) in [5, 5.41) is 0.613. The Bertz CT molecular complexity index is 77.1. The van der Waals surface area contributed by atoms with Crippen LogP contribution < -0.4 is 0 Å². The van der Waals surface area contributed by atoms with E-state index in [9.17, 15) is 0 Å². The fraction of sp³-hybridized carbons (Fsp3) is 1.00. The van der Waals surface area contributed by atoms with Gasteiger partial charge < -0.3 is 0 Å². The molecule has 1 atom stereocenters. The van der Waals surface area contributed by atoms with Gasteiger partial charge >= 0.3 is 0 Å². The first-order chi connectivity index (χ1) is 4.29. The highest BCUT2D eigenvalue weighted by atomic mass is 32.1. The van der Waals surface area contributed by atoms with Gasteiger partial charge in [-0.05, 0) is 19.3 Å². The van der Waals surface area contributed by atoms with Crippen LogP contribution in [0.3, 0.4) is 0 Å². The van der Waals surface area contributed by atoms with Crippen LogP contribution in [0.5, 0.6) is 0 Å². The maximum absolute atomic E-state index is 4.41. The summed E-state index contributed by atoms with van der Waals surface area (Å²) in [5.74, 6) is 0. The van der Waals surface area contributed by atoms with E-state index in [1.165, 1.54) is 19.3 Å². The van der Waals surface area contributed by atoms with E-state index in [0.717, 1.165) is 13.1 Å². The highest BCUT2D eigenvalue weighted by Crippen LogP contribution is 2.15. The number of hydrogen-bond donors (Lipinski definition) is 2. The van der Waals surface area contributed by atoms with Crippen molar-refractivity contribution >= 4 is 25.4 Å². The van der Waals surface area contributed by atoms with E-state index in [2.05, 4.69) is 29.7 Å². The topological polar surface area (TPSA) is 3.24 Å². The Kier molecular flexibility index (Phi) is 3.22. The predicted molar refractivity (Wildman–Crippen MR) is 47.2 cm³/mol. The van der Waals surface area contributed by atoms with Crippen molar-refractivity contribution in [1.82, 2.24) is 4.31 Å². The van der Waals surface area contributed by atoms with Gasteiger partial charge in [0.1, 0.15) is 0 Å². The normalized spacial score (nSPS) is 32.0. The van der Waals surface area contributed by atoms with Gasteiger partial charge in [0.05, 0.1) is 0 Å². The maximum atomic E-state index is 4.41. The van der Waals surface area contributed by atoms with E-state index in [1.54, 1.807) is 0 Å². The monoisotopic (exact) mass is 163 g/mol. The standard InChI is InChI=1S/C6H13NS2/c8-6-2-1-4-7(9)5-3-6/h6,8-9H,1-5H2. The summed E-state index contributed by atoms with van der Waals surface area (Å²) in [5.41, 5.74) is 0. The molecule has 0 N–H and O–H groups in total. The molecule has 0 aromatic heterocycles. The Hall–Kier alpha value is 0.660. The van der Waals surface area contributed by atoms with Gasteiger partial charge in [0.2, 0.25) is 0 Å². The molecule has 1 aliphatic heterocycles. The van der Waals surface area contributed by atoms with Gasteiger partial charge in [0, 0.05) is 18.3 Å². The molecular formula is C6H13NS2. The van der Waals surface area contributed by atoms with Crippen LogP contribution in [-0.4, -0.2) is 22.6 Å². The van der Waals surface area contributed by atoms with Crippen LogP contribution in [0.25, 0.3) is 0 Å². The zero-order valence-electron chi connectivity index (χ0n) is 5.45. The van der Waals surface area contributed by atoms with Crippen molar-refractivity contribution in [3.63, 3.8) is 0 Å². The molecule has 0 amide bonds. The van der Waals surface area contributed by atoms with Crippen LogP contribution >= 0.6 is 25.4 Å². The minimum Gasteiger partial charge on any atom is -0.253 e. The Balaban J connectivity index is 2.25. The molecule has 1 unspecified atom stereocenters. The van der Waals surface area contributed by atoms with Gasteiger partial charge in [-0.15, -0.1) is 0 Å². The molecule has 1 rings (SSSR count). The molecule has 0 aliphatic carbocycles. The van der Waals surface area contributed by atoms with Crippen molar-refractivity contribution in [2.45, 2.75) is 24.5 Å². The summed E-state index contributed by atoms with van der Waals surface area (Å²) in [7, 11) is 0. The first kappa shape index (κ1) is 7.76. The Morgan fingerprint density at radius 3 is 2.78 bits per heavy atom. The van der Waals surface area contributed by atoms with Gasteiger partial charge in [0.15, 0.2) is 0 Å². The van der Waals surface area contributed by atoms with E-state index in [0.29, 0.717) is 5.25 Å². The van der Waals surface area contributed by atoms with Crippen LogP contribution in [0, 0.1) is 0 Å². The first-order valence-corrected chi connectivity index (χ1v) is 4.32. The van der Waals surface area contributed by atoms with Crippen LogP contribution in [0.4, 0.5) is 0 Å². The fourth-order valence-electron chi connectivity index (χ4n) is 1.06. The third kappa shape index (κ3) is 2.83. The molecule has 1 aliphatic rings. The molecule has 9 heavy (non-hydrogen) atoms. The van der Waals surface area contributed by atoms with E-state index in [4.69, 9.17) is 0 Å². The molecule has 0 spiro atoms. The van der Waals surface area contributed by atoms with Crippen molar-refractivity contribution in [3.05, 3.63) is 0 Å². The fourth-order valence-corrected chi connectivity index (χ4v) is 1.62. The van der Waals surface area contributed by atoms with Gasteiger partial charge in [-0.3, -0.25) is 4.31 Å². The largest absolute Gasteiger partial charge is 0.253 e. The molecule has 0 aromatic rings. The average molecular weight is 163 g/mol. The average Bonchev–Trinajstić information content (AvgIpc) is 1.97. The summed E-state index contributed by atoms with van der Waals surface area (Å²) in [6, 6.07) is 0. The molecule has 54 valence electrons. The predicted octanol–water partition coefficient (Wildman–Crippen LogP) is 1.62. The maximum Gasteiger partial charge on any atom is 0.00974 e. The second-order valence-electron chi connectivity index (χ2n) is 2.54. The van der Waals surface area contributed by atoms with Crippen molar-refractivity contribution in [2.24, 2.45) is 0 Å². The smallest absolute Gasteiger partial charge is 0.00974 e. The summed E-state index contributed by atoms with van der Waals surface area (Å²) < 4.78 is 2.08. The summed E-state index contributed by atoms with van der Waals surface area (Å²) in [4.78, 5) is 0. The summed E-state index contributed by atoms with van der Waals surface area (Å²) in [6.07, 6.45) is 3.68. The second kappa shape index (κ2) is 3.74. The lowest BCUT2D eigenvalue weighted by Crippen LogP contribution is -2.12. The van der Waals surface area contributed by atoms with Crippen molar-refractivity contribution in [1.29, 1.82) is 0 Å². The van der Waals surface area contributed by atoms with Crippen LogP contribution in [0.15, 0.2) is 0 Å². The van der Waals surface area contributed by atoms with Crippen molar-refractivity contribution in [3.8, 4) is 0 Å². The van der Waals surface area contributed by atoms with Gasteiger partial charge in [-0.25, -0.2) is 0 Å². The van der Waals surface area contributed by atoms with Gasteiger partial charge in [-0.2, -0.15) is 12.6 Å². The zero-order valence-corrected chi connectivity index (χ0v) is 7.24. The van der Waals surface area contributed by atoms with Crippen molar-refractivity contribution < 1.29 is 0 Å². The molecule has 1 nitrogen and oxygen atoms in total. The molecule has 1 heterocycles. The highest BCUT2D eigenvalue weighted by molar-refractivity contribution is 7.81. The van der Waals surface area contributed by atoms with E-state index in [1.807, 2.05) is 0 Å². The third-order valence-corrected chi connectivity index (χ3v) is 2.59. The molecule has 0 radical (unpaired) electrons. The number of hydrogen-bond acceptors (Lipinski definition) is 3. The molecular weight excluding hydrogens is 150 g/mol. The summed E-state index contributed by atoms with van der Waals surface area (Å²) in [6.45, 7) is 2.22. The minimum absolute atomic E-state index is 0.613. The van der Waals surface area contributed by atoms with Gasteiger partial charge in [-0.1, -0.05) is 12.8 Å². The van der Waals surface area contributed by atoms with Crippen LogP contribution in [0.2, 0.25) is 0 Å². The Morgan fingerprint density at radius 1 is 1.22 bits per heavy atom. The number of nitrogens with zero attached hydrogens (tertiary/aromatic N) is 1. The molecule has 3 heteroatoms. The van der Waals surface area contributed by atoms with E-state index >= 15 is 0 Å². The third-order valence-electron chi connectivity index (χ3n) is 1.67. The minimum atomic E-state index is 0.613. The first-order valence-electron chi connectivity index (χ1n) is 3.41. The van der Waals surface area contributed by atoms with Gasteiger partial charge in [0.25, 0.3) is 0 Å². The zero-order chi connectivity index (χ0) is 6.69. The summed E-state index contributed by atoms with van der Waals surface area (Å²) >= 11 is 8.68. The Morgan fingerprint density at radius 2 is 2.00 bits per heavy atom. The molecule has 1 saturated heterocycles. The molecule has 0 bridgehead atoms. The van der Waals surface area contributed by atoms with E-state index in [-0.39, 0.29) is 0 Å². The lowest BCUT2D eigenvalue weighted by atomic mass is 10.2. The van der Waals surface area contributed by atoms with Crippen molar-refractivity contribution in [2.75, 3.05) is 13.1 Å². The Labute approximate surface area is 67.8 Å². The number of thiol groups is 2. The number of rotatable bonds is 0. The van der Waals surface area contributed by atoms with Crippen LogP contribution in [-0.2, 0) is 0 Å². The second-order valence-corrected chi connectivity index (χ2v) is 3.83. The molecule has 1 fully saturated rings. The molecule has 0 saturated carbocycles. The molecule has 0 aromatic carbocycles. The lowest BCUT2D eigenvalue weighted by molar-refractivity contribution is 0.496. The SMILES string of the molecule is SC1CCCN(S)CC1.